The van der Waals surface area contributed by atoms with Crippen molar-refractivity contribution in [2.24, 2.45) is 0 Å². The fraction of sp³-hybridized carbons (Fsp3) is 0.500. The molecule has 1 heterocycles. The molecule has 1 rings (SSSR count). The number of carboxylic acid groups (broad SMARTS) is 1. The third-order valence-corrected chi connectivity index (χ3v) is 2.06. The zero-order valence-electron chi connectivity index (χ0n) is 9.77. The van der Waals surface area contributed by atoms with Crippen molar-refractivity contribution in [3.05, 3.63) is 22.2 Å². The van der Waals surface area contributed by atoms with Crippen LogP contribution in [0, 0.1) is 6.92 Å². The van der Waals surface area contributed by atoms with Crippen LogP contribution < -0.4 is 10.5 Å². The zero-order chi connectivity index (χ0) is 12.8. The van der Waals surface area contributed by atoms with Gasteiger partial charge in [0.2, 0.25) is 0 Å². The number of rotatable bonds is 6. The molecule has 2 N–H and O–H groups in total. The molecule has 17 heavy (non-hydrogen) atoms. The van der Waals surface area contributed by atoms with Gasteiger partial charge in [0.25, 0.3) is 5.56 Å². The van der Waals surface area contributed by atoms with Crippen LogP contribution in [-0.2, 0) is 9.53 Å². The van der Waals surface area contributed by atoms with E-state index in [1.165, 1.54) is 18.1 Å². The summed E-state index contributed by atoms with van der Waals surface area (Å²) in [5, 5.41) is 8.79. The molecule has 0 radical (unpaired) electrons. The van der Waals surface area contributed by atoms with E-state index in [1.807, 2.05) is 0 Å². The van der Waals surface area contributed by atoms with E-state index in [1.54, 1.807) is 6.92 Å². The van der Waals surface area contributed by atoms with Crippen LogP contribution in [0.4, 0.5) is 5.82 Å². The van der Waals surface area contributed by atoms with Gasteiger partial charge in [-0.05, 0) is 6.92 Å². The van der Waals surface area contributed by atoms with Gasteiger partial charge in [0.15, 0.2) is 0 Å². The number of hydrogen-bond donors (Lipinski definition) is 2. The number of carboxylic acids is 1. The molecule has 0 unspecified atom stereocenters. The van der Waals surface area contributed by atoms with Crippen LogP contribution in [0.5, 0.6) is 0 Å². The van der Waals surface area contributed by atoms with E-state index in [2.05, 4.69) is 9.97 Å². The lowest BCUT2D eigenvalue weighted by Crippen LogP contribution is -2.34. The van der Waals surface area contributed by atoms with Gasteiger partial charge in [-0.1, -0.05) is 0 Å². The predicted octanol–water partition coefficient (Wildman–Crippen LogP) is -0.384. The van der Waals surface area contributed by atoms with E-state index in [-0.39, 0.29) is 12.1 Å². The van der Waals surface area contributed by atoms with E-state index < -0.39 is 5.97 Å². The van der Waals surface area contributed by atoms with Crippen molar-refractivity contribution in [1.82, 2.24) is 9.97 Å². The summed E-state index contributed by atoms with van der Waals surface area (Å²) in [6.45, 7) is 2.14. The Balaban J connectivity index is 2.94. The van der Waals surface area contributed by atoms with Crippen molar-refractivity contribution in [3.63, 3.8) is 0 Å². The lowest BCUT2D eigenvalue weighted by molar-refractivity contribution is -0.135. The fourth-order valence-corrected chi connectivity index (χ4v) is 1.37. The van der Waals surface area contributed by atoms with Gasteiger partial charge in [-0.25, -0.2) is 4.98 Å². The molecule has 7 nitrogen and oxygen atoms in total. The fourth-order valence-electron chi connectivity index (χ4n) is 1.37. The molecule has 0 aromatic carbocycles. The second-order valence-corrected chi connectivity index (χ2v) is 3.50. The maximum atomic E-state index is 11.3. The summed E-state index contributed by atoms with van der Waals surface area (Å²) in [4.78, 5) is 30.1. The summed E-state index contributed by atoms with van der Waals surface area (Å²) in [7, 11) is 1.52. The Morgan fingerprint density at radius 1 is 1.65 bits per heavy atom. The van der Waals surface area contributed by atoms with Gasteiger partial charge >= 0.3 is 5.97 Å². The quantitative estimate of drug-likeness (QED) is 0.704. The number of nitrogens with zero attached hydrogens (tertiary/aromatic N) is 2. The second kappa shape index (κ2) is 6.00. The Bertz CT molecular complexity index is 443. The molecule has 94 valence electrons. The molecule has 1 aromatic rings. The highest BCUT2D eigenvalue weighted by atomic mass is 16.5. The highest BCUT2D eigenvalue weighted by Crippen LogP contribution is 2.07. The normalized spacial score (nSPS) is 10.2. The lowest BCUT2D eigenvalue weighted by Gasteiger charge is -2.21. The van der Waals surface area contributed by atoms with Crippen molar-refractivity contribution < 1.29 is 14.6 Å². The Morgan fingerprint density at radius 2 is 2.35 bits per heavy atom. The molecule has 0 aliphatic heterocycles. The first-order valence-electron chi connectivity index (χ1n) is 5.06. The topological polar surface area (TPSA) is 95.5 Å². The number of ether oxygens (including phenoxy) is 1. The Kier molecular flexibility index (Phi) is 4.65. The lowest BCUT2D eigenvalue weighted by atomic mass is 10.4. The van der Waals surface area contributed by atoms with Crippen LogP contribution in [0.15, 0.2) is 10.9 Å². The van der Waals surface area contributed by atoms with Gasteiger partial charge in [0.05, 0.1) is 6.61 Å². The van der Waals surface area contributed by atoms with Crippen LogP contribution in [0.2, 0.25) is 0 Å². The maximum Gasteiger partial charge on any atom is 0.323 e. The molecule has 7 heteroatoms. The van der Waals surface area contributed by atoms with Gasteiger partial charge in [-0.3, -0.25) is 9.59 Å². The molecule has 0 spiro atoms. The first-order valence-corrected chi connectivity index (χ1v) is 5.06. The minimum atomic E-state index is -0.985. The molecule has 0 fully saturated rings. The highest BCUT2D eigenvalue weighted by molar-refractivity contribution is 5.73. The van der Waals surface area contributed by atoms with Crippen molar-refractivity contribution in [1.29, 1.82) is 0 Å². The van der Waals surface area contributed by atoms with Gasteiger partial charge in [0, 0.05) is 19.7 Å². The summed E-state index contributed by atoms with van der Waals surface area (Å²) in [5.74, 6) is -0.202. The summed E-state index contributed by atoms with van der Waals surface area (Å²) in [5.41, 5.74) is -0.305. The van der Waals surface area contributed by atoms with Crippen LogP contribution in [0.3, 0.4) is 0 Å². The number of nitrogens with one attached hydrogen (secondary N) is 1. The number of aromatic amines is 1. The van der Waals surface area contributed by atoms with Crippen molar-refractivity contribution >= 4 is 11.8 Å². The summed E-state index contributed by atoms with van der Waals surface area (Å²) < 4.78 is 4.89. The number of aromatic nitrogens is 2. The minimum Gasteiger partial charge on any atom is -0.480 e. The molecule has 0 amide bonds. The molecule has 0 atom stereocenters. The first-order chi connectivity index (χ1) is 8.02. The molecule has 1 aromatic heterocycles. The number of aliphatic carboxylic acids is 1. The molecule has 0 bridgehead atoms. The van der Waals surface area contributed by atoms with Gasteiger partial charge in [-0.2, -0.15) is 0 Å². The number of aryl methyl sites for hydroxylation is 1. The monoisotopic (exact) mass is 241 g/mol. The summed E-state index contributed by atoms with van der Waals surface area (Å²) in [6.07, 6.45) is 0. The standard InChI is InChI=1S/C10H15N3O4/c1-7-11-8(5-9(14)12-7)13(3-4-17-2)6-10(15)16/h5H,3-4,6H2,1-2H3,(H,15,16)(H,11,12,14). The SMILES string of the molecule is COCCN(CC(=O)O)c1cc(=O)[nH]c(C)n1. The average molecular weight is 241 g/mol. The van der Waals surface area contributed by atoms with E-state index >= 15 is 0 Å². The number of methoxy groups -OCH3 is 1. The number of hydrogen-bond acceptors (Lipinski definition) is 5. The van der Waals surface area contributed by atoms with Crippen LogP contribution >= 0.6 is 0 Å². The van der Waals surface area contributed by atoms with E-state index in [0.717, 1.165) is 0 Å². The molecular formula is C10H15N3O4. The average Bonchev–Trinajstić information content (AvgIpc) is 2.22. The van der Waals surface area contributed by atoms with E-state index in [4.69, 9.17) is 9.84 Å². The number of carbonyl (C=O) groups is 1. The number of anilines is 1. The molecular weight excluding hydrogens is 226 g/mol. The van der Waals surface area contributed by atoms with Crippen molar-refractivity contribution in [2.75, 3.05) is 31.7 Å². The third kappa shape index (κ3) is 4.23. The highest BCUT2D eigenvalue weighted by Gasteiger charge is 2.12. The summed E-state index contributed by atoms with van der Waals surface area (Å²) in [6, 6.07) is 1.27. The van der Waals surface area contributed by atoms with Gasteiger partial charge in [0.1, 0.15) is 18.2 Å². The van der Waals surface area contributed by atoms with Crippen LogP contribution in [0.1, 0.15) is 5.82 Å². The Labute approximate surface area is 98.1 Å². The van der Waals surface area contributed by atoms with Crippen molar-refractivity contribution in [2.45, 2.75) is 6.92 Å². The Hall–Kier alpha value is -1.89. The van der Waals surface area contributed by atoms with Gasteiger partial charge < -0.3 is 19.7 Å². The molecule has 0 saturated carbocycles. The largest absolute Gasteiger partial charge is 0.480 e. The molecule has 0 saturated heterocycles. The van der Waals surface area contributed by atoms with E-state index in [9.17, 15) is 9.59 Å². The molecule has 0 aliphatic carbocycles. The van der Waals surface area contributed by atoms with Crippen LogP contribution in [0.25, 0.3) is 0 Å². The number of H-pyrrole nitrogens is 1. The van der Waals surface area contributed by atoms with Crippen LogP contribution in [-0.4, -0.2) is 47.8 Å². The smallest absolute Gasteiger partial charge is 0.323 e. The molecule has 0 aliphatic rings. The first kappa shape index (κ1) is 13.2. The van der Waals surface area contributed by atoms with E-state index in [0.29, 0.717) is 24.8 Å². The third-order valence-electron chi connectivity index (χ3n) is 2.06. The van der Waals surface area contributed by atoms with Gasteiger partial charge in [-0.15, -0.1) is 0 Å². The second-order valence-electron chi connectivity index (χ2n) is 3.50. The Morgan fingerprint density at radius 3 is 2.88 bits per heavy atom. The predicted molar refractivity (Wildman–Crippen MR) is 61.3 cm³/mol. The summed E-state index contributed by atoms with van der Waals surface area (Å²) >= 11 is 0. The maximum absolute atomic E-state index is 11.3. The zero-order valence-corrected chi connectivity index (χ0v) is 9.77. The van der Waals surface area contributed by atoms with Crippen molar-refractivity contribution in [3.8, 4) is 0 Å². The minimum absolute atomic E-state index is 0.223.